The van der Waals surface area contributed by atoms with Crippen LogP contribution in [0.15, 0.2) is 42.5 Å². The second-order valence-electron chi connectivity index (χ2n) is 7.90. The molecule has 1 atom stereocenters. The smallest absolute Gasteiger partial charge is 0.306 e. The lowest BCUT2D eigenvalue weighted by atomic mass is 9.82. The number of rotatable bonds is 6. The fraction of sp³-hybridized carbons (Fsp3) is 0.458. The standard InChI is InChI=1S/C24H30O4/c1-3-17-15-20(8-13-23(17)26)16(2)14-24(27)28-22-11-6-19(7-12-22)18-4-9-21(25)10-5-18/h4-5,8-10,13,15-16,19,22,25-26H,3,6-7,11-12,14H2,1-2H3. The number of esters is 1. The van der Waals surface area contributed by atoms with E-state index in [-0.39, 0.29) is 18.0 Å². The average molecular weight is 383 g/mol. The highest BCUT2D eigenvalue weighted by molar-refractivity contribution is 5.70. The normalized spacial score (nSPS) is 20.5. The minimum absolute atomic E-state index is 0.000847. The van der Waals surface area contributed by atoms with E-state index in [1.54, 1.807) is 18.2 Å². The van der Waals surface area contributed by atoms with Gasteiger partial charge in [0.05, 0.1) is 6.42 Å². The van der Waals surface area contributed by atoms with Crippen LogP contribution in [0.3, 0.4) is 0 Å². The van der Waals surface area contributed by atoms with Gasteiger partial charge in [-0.25, -0.2) is 0 Å². The molecule has 0 spiro atoms. The van der Waals surface area contributed by atoms with Crippen LogP contribution in [-0.4, -0.2) is 22.3 Å². The zero-order valence-electron chi connectivity index (χ0n) is 16.7. The molecular formula is C24H30O4. The first-order chi connectivity index (χ1) is 13.5. The van der Waals surface area contributed by atoms with Crippen molar-refractivity contribution in [2.24, 2.45) is 0 Å². The minimum Gasteiger partial charge on any atom is -0.508 e. The molecule has 28 heavy (non-hydrogen) atoms. The molecule has 0 heterocycles. The summed E-state index contributed by atoms with van der Waals surface area (Å²) in [6.07, 6.45) is 4.87. The van der Waals surface area contributed by atoms with Crippen LogP contribution in [0.2, 0.25) is 0 Å². The molecule has 150 valence electrons. The van der Waals surface area contributed by atoms with E-state index in [0.29, 0.717) is 23.8 Å². The van der Waals surface area contributed by atoms with E-state index in [2.05, 4.69) is 0 Å². The van der Waals surface area contributed by atoms with Crippen LogP contribution in [0.4, 0.5) is 0 Å². The zero-order chi connectivity index (χ0) is 20.1. The lowest BCUT2D eigenvalue weighted by molar-refractivity contribution is -0.151. The van der Waals surface area contributed by atoms with Crippen LogP contribution in [0.25, 0.3) is 0 Å². The Labute approximate surface area is 167 Å². The first kappa shape index (κ1) is 20.2. The highest BCUT2D eigenvalue weighted by Gasteiger charge is 2.25. The number of aromatic hydroxyl groups is 2. The van der Waals surface area contributed by atoms with Gasteiger partial charge in [0.25, 0.3) is 0 Å². The summed E-state index contributed by atoms with van der Waals surface area (Å²) in [4.78, 5) is 12.4. The quantitative estimate of drug-likeness (QED) is 0.654. The number of carbonyl (C=O) groups excluding carboxylic acids is 1. The topological polar surface area (TPSA) is 66.8 Å². The molecule has 2 N–H and O–H groups in total. The summed E-state index contributed by atoms with van der Waals surface area (Å²) in [5.74, 6) is 0.990. The van der Waals surface area contributed by atoms with Crippen molar-refractivity contribution < 1.29 is 19.7 Å². The molecule has 1 aliphatic carbocycles. The third-order valence-electron chi connectivity index (χ3n) is 5.86. The van der Waals surface area contributed by atoms with Gasteiger partial charge >= 0.3 is 5.97 Å². The number of phenolic OH excluding ortho intramolecular Hbond substituents is 2. The van der Waals surface area contributed by atoms with Gasteiger partial charge in [-0.2, -0.15) is 0 Å². The molecule has 1 unspecified atom stereocenters. The Balaban J connectivity index is 1.48. The number of carbonyl (C=O) groups is 1. The van der Waals surface area contributed by atoms with Gasteiger partial charge in [-0.1, -0.05) is 38.1 Å². The van der Waals surface area contributed by atoms with Crippen LogP contribution >= 0.6 is 0 Å². The van der Waals surface area contributed by atoms with Crippen LogP contribution in [0.1, 0.15) is 74.5 Å². The molecule has 2 aromatic rings. The lowest BCUT2D eigenvalue weighted by Crippen LogP contribution is -2.24. The molecule has 1 fully saturated rings. The molecule has 4 nitrogen and oxygen atoms in total. The number of hydrogen-bond donors (Lipinski definition) is 2. The van der Waals surface area contributed by atoms with E-state index >= 15 is 0 Å². The maximum Gasteiger partial charge on any atom is 0.306 e. The zero-order valence-corrected chi connectivity index (χ0v) is 16.7. The second-order valence-corrected chi connectivity index (χ2v) is 7.90. The van der Waals surface area contributed by atoms with Crippen LogP contribution in [0.5, 0.6) is 11.5 Å². The first-order valence-corrected chi connectivity index (χ1v) is 10.3. The molecule has 0 radical (unpaired) electrons. The van der Waals surface area contributed by atoms with Crippen molar-refractivity contribution in [2.75, 3.05) is 0 Å². The van der Waals surface area contributed by atoms with Gasteiger partial charge in [0.15, 0.2) is 0 Å². The Hall–Kier alpha value is -2.49. The van der Waals surface area contributed by atoms with Crippen molar-refractivity contribution in [1.29, 1.82) is 0 Å². The summed E-state index contributed by atoms with van der Waals surface area (Å²) in [6.45, 7) is 4.03. The highest BCUT2D eigenvalue weighted by Crippen LogP contribution is 2.35. The van der Waals surface area contributed by atoms with Gasteiger partial charge in [0.1, 0.15) is 17.6 Å². The number of ether oxygens (including phenoxy) is 1. The number of aryl methyl sites for hydroxylation is 1. The molecule has 0 aromatic heterocycles. The van der Waals surface area contributed by atoms with Gasteiger partial charge in [0, 0.05) is 0 Å². The highest BCUT2D eigenvalue weighted by atomic mass is 16.5. The Morgan fingerprint density at radius 3 is 2.39 bits per heavy atom. The molecule has 1 saturated carbocycles. The van der Waals surface area contributed by atoms with E-state index in [0.717, 1.165) is 43.2 Å². The third kappa shape index (κ3) is 5.06. The van der Waals surface area contributed by atoms with Gasteiger partial charge < -0.3 is 14.9 Å². The van der Waals surface area contributed by atoms with Crippen molar-refractivity contribution in [3.63, 3.8) is 0 Å². The summed E-state index contributed by atoms with van der Waals surface area (Å²) in [5.41, 5.74) is 3.21. The predicted molar refractivity (Wildman–Crippen MR) is 110 cm³/mol. The van der Waals surface area contributed by atoms with E-state index < -0.39 is 0 Å². The minimum atomic E-state index is -0.147. The van der Waals surface area contributed by atoms with E-state index in [1.807, 2.05) is 38.1 Å². The van der Waals surface area contributed by atoms with Crippen LogP contribution in [-0.2, 0) is 16.0 Å². The fourth-order valence-electron chi connectivity index (χ4n) is 4.06. The summed E-state index contributed by atoms with van der Waals surface area (Å²) in [6, 6.07) is 13.0. The van der Waals surface area contributed by atoms with Gasteiger partial charge in [-0.15, -0.1) is 0 Å². The van der Waals surface area contributed by atoms with Crippen LogP contribution in [0, 0.1) is 0 Å². The maximum atomic E-state index is 12.4. The van der Waals surface area contributed by atoms with Crippen LogP contribution < -0.4 is 0 Å². The van der Waals surface area contributed by atoms with E-state index in [4.69, 9.17) is 4.74 Å². The SMILES string of the molecule is CCc1cc(C(C)CC(=O)OC2CCC(c3ccc(O)cc3)CC2)ccc1O. The summed E-state index contributed by atoms with van der Waals surface area (Å²) in [7, 11) is 0. The van der Waals surface area contributed by atoms with Crippen molar-refractivity contribution >= 4 is 5.97 Å². The largest absolute Gasteiger partial charge is 0.508 e. The molecule has 0 bridgehead atoms. The van der Waals surface area contributed by atoms with Gasteiger partial charge in [-0.05, 0) is 78.8 Å². The van der Waals surface area contributed by atoms with E-state index in [9.17, 15) is 15.0 Å². The molecule has 2 aromatic carbocycles. The monoisotopic (exact) mass is 382 g/mol. The Morgan fingerprint density at radius 1 is 1.07 bits per heavy atom. The molecule has 0 amide bonds. The van der Waals surface area contributed by atoms with E-state index in [1.165, 1.54) is 5.56 Å². The molecule has 0 saturated heterocycles. The van der Waals surface area contributed by atoms with Crippen molar-refractivity contribution in [2.45, 2.75) is 70.3 Å². The van der Waals surface area contributed by atoms with Crippen molar-refractivity contribution in [3.05, 3.63) is 59.2 Å². The molecule has 3 rings (SSSR count). The summed E-state index contributed by atoms with van der Waals surface area (Å²) < 4.78 is 5.74. The Kier molecular flexibility index (Phi) is 6.61. The third-order valence-corrected chi connectivity index (χ3v) is 5.86. The lowest BCUT2D eigenvalue weighted by Gasteiger charge is -2.29. The van der Waals surface area contributed by atoms with Gasteiger partial charge in [-0.3, -0.25) is 4.79 Å². The van der Waals surface area contributed by atoms with Gasteiger partial charge in [0.2, 0.25) is 0 Å². The number of hydrogen-bond acceptors (Lipinski definition) is 4. The molecule has 1 aliphatic rings. The average Bonchev–Trinajstić information content (AvgIpc) is 2.69. The summed E-state index contributed by atoms with van der Waals surface area (Å²) >= 11 is 0. The predicted octanol–water partition coefficient (Wildman–Crippen LogP) is 5.42. The Morgan fingerprint density at radius 2 is 1.75 bits per heavy atom. The molecule has 0 aliphatic heterocycles. The maximum absolute atomic E-state index is 12.4. The number of phenols is 2. The Bertz CT molecular complexity index is 789. The summed E-state index contributed by atoms with van der Waals surface area (Å²) in [5, 5.41) is 19.3. The van der Waals surface area contributed by atoms with Crippen molar-refractivity contribution in [1.82, 2.24) is 0 Å². The first-order valence-electron chi connectivity index (χ1n) is 10.3. The fourth-order valence-corrected chi connectivity index (χ4v) is 4.06. The molecule has 4 heteroatoms. The van der Waals surface area contributed by atoms with Crippen molar-refractivity contribution in [3.8, 4) is 11.5 Å². The second kappa shape index (κ2) is 9.13. The number of benzene rings is 2. The molecular weight excluding hydrogens is 352 g/mol.